The molecular formula is C16H24F3N5O. The van der Waals surface area contributed by atoms with E-state index in [1.165, 1.54) is 18.7 Å². The Morgan fingerprint density at radius 2 is 2.28 bits per heavy atom. The van der Waals surface area contributed by atoms with Gasteiger partial charge in [0.2, 0.25) is 5.88 Å². The van der Waals surface area contributed by atoms with Crippen molar-refractivity contribution in [3.63, 3.8) is 0 Å². The summed E-state index contributed by atoms with van der Waals surface area (Å²) in [5, 5.41) is 3.12. The van der Waals surface area contributed by atoms with Crippen molar-refractivity contribution in [2.75, 3.05) is 26.2 Å². The number of nitrogens with two attached hydrogens (primary N) is 1. The number of rotatable bonds is 7. The molecule has 1 atom stereocenters. The number of likely N-dealkylation sites (tertiary alicyclic amines) is 1. The van der Waals surface area contributed by atoms with Crippen molar-refractivity contribution in [2.24, 2.45) is 10.7 Å². The molecule has 140 valence electrons. The normalized spacial score (nSPS) is 19.2. The zero-order valence-electron chi connectivity index (χ0n) is 14.2. The van der Waals surface area contributed by atoms with Gasteiger partial charge in [-0.2, -0.15) is 13.2 Å². The summed E-state index contributed by atoms with van der Waals surface area (Å²) < 4.78 is 40.8. The quantitative estimate of drug-likeness (QED) is 0.575. The lowest BCUT2D eigenvalue weighted by molar-refractivity contribution is -0.154. The molecule has 0 bridgehead atoms. The van der Waals surface area contributed by atoms with Crippen LogP contribution >= 0.6 is 0 Å². The van der Waals surface area contributed by atoms with Crippen LogP contribution in [0.3, 0.4) is 0 Å². The molecule has 2 rings (SSSR count). The fraction of sp³-hybridized carbons (Fsp3) is 0.625. The van der Waals surface area contributed by atoms with Crippen molar-refractivity contribution in [3.8, 4) is 5.88 Å². The number of hydrogen-bond acceptors (Lipinski definition) is 4. The minimum absolute atomic E-state index is 0.0722. The van der Waals surface area contributed by atoms with E-state index in [0.717, 1.165) is 31.6 Å². The molecule has 3 N–H and O–H groups in total. The third kappa shape index (κ3) is 6.77. The van der Waals surface area contributed by atoms with Crippen molar-refractivity contribution < 1.29 is 17.9 Å². The van der Waals surface area contributed by atoms with E-state index in [4.69, 9.17) is 5.73 Å². The molecule has 0 saturated carbocycles. The number of nitrogens with one attached hydrogen (secondary N) is 1. The van der Waals surface area contributed by atoms with Gasteiger partial charge in [-0.3, -0.25) is 4.90 Å². The van der Waals surface area contributed by atoms with Gasteiger partial charge in [-0.1, -0.05) is 13.0 Å². The number of hydrogen-bond donors (Lipinski definition) is 2. The van der Waals surface area contributed by atoms with Crippen LogP contribution in [-0.2, 0) is 6.54 Å². The smallest absolute Gasteiger partial charge is 0.422 e. The number of pyridine rings is 1. The lowest BCUT2D eigenvalue weighted by Crippen LogP contribution is -2.42. The molecule has 1 fully saturated rings. The topological polar surface area (TPSA) is 75.8 Å². The largest absolute Gasteiger partial charge is 0.468 e. The second-order valence-corrected chi connectivity index (χ2v) is 5.92. The number of ether oxygens (including phenoxy) is 1. The van der Waals surface area contributed by atoms with Crippen LogP contribution in [0.4, 0.5) is 13.2 Å². The minimum atomic E-state index is -4.38. The van der Waals surface area contributed by atoms with E-state index < -0.39 is 12.8 Å². The lowest BCUT2D eigenvalue weighted by Gasteiger charge is -2.23. The summed E-state index contributed by atoms with van der Waals surface area (Å²) in [4.78, 5) is 10.5. The monoisotopic (exact) mass is 359 g/mol. The van der Waals surface area contributed by atoms with Gasteiger partial charge in [-0.15, -0.1) is 0 Å². The van der Waals surface area contributed by atoms with Gasteiger partial charge in [0.25, 0.3) is 0 Å². The molecular weight excluding hydrogens is 335 g/mol. The summed E-state index contributed by atoms with van der Waals surface area (Å²) in [6.45, 7) is 3.99. The van der Waals surface area contributed by atoms with Crippen molar-refractivity contribution >= 4 is 5.96 Å². The van der Waals surface area contributed by atoms with Crippen LogP contribution in [0.2, 0.25) is 0 Å². The van der Waals surface area contributed by atoms with Gasteiger partial charge < -0.3 is 15.8 Å². The molecule has 9 heteroatoms. The zero-order chi connectivity index (χ0) is 18.3. The molecule has 1 saturated heterocycles. The SMILES string of the molecule is CCN1CCCC1CNC(N)=NCc1ccc(OCC(F)(F)F)nc1. The Morgan fingerprint density at radius 1 is 1.48 bits per heavy atom. The summed E-state index contributed by atoms with van der Waals surface area (Å²) in [6, 6.07) is 3.48. The number of alkyl halides is 3. The Morgan fingerprint density at radius 3 is 2.92 bits per heavy atom. The maximum absolute atomic E-state index is 12.1. The first-order valence-corrected chi connectivity index (χ1v) is 8.29. The maximum atomic E-state index is 12.1. The Kier molecular flexibility index (Phi) is 6.86. The van der Waals surface area contributed by atoms with E-state index >= 15 is 0 Å². The highest BCUT2D eigenvalue weighted by molar-refractivity contribution is 5.77. The number of nitrogens with zero attached hydrogens (tertiary/aromatic N) is 3. The second kappa shape index (κ2) is 8.89. The van der Waals surface area contributed by atoms with Crippen molar-refractivity contribution in [1.29, 1.82) is 0 Å². The first kappa shape index (κ1) is 19.3. The highest BCUT2D eigenvalue weighted by Gasteiger charge is 2.28. The molecule has 6 nitrogen and oxygen atoms in total. The summed E-state index contributed by atoms with van der Waals surface area (Å²) in [7, 11) is 0. The predicted octanol–water partition coefficient (Wildman–Crippen LogP) is 1.91. The molecule has 0 aromatic carbocycles. The molecule has 1 aromatic rings. The van der Waals surface area contributed by atoms with E-state index in [1.807, 2.05) is 0 Å². The number of aliphatic imine (C=N–C) groups is 1. The van der Waals surface area contributed by atoms with Crippen LogP contribution < -0.4 is 15.8 Å². The first-order chi connectivity index (χ1) is 11.9. The number of guanidine groups is 1. The number of halogens is 3. The van der Waals surface area contributed by atoms with Gasteiger partial charge in [-0.05, 0) is 31.5 Å². The Bertz CT molecular complexity index is 562. The fourth-order valence-electron chi connectivity index (χ4n) is 2.74. The van der Waals surface area contributed by atoms with Crippen molar-refractivity contribution in [2.45, 2.75) is 38.5 Å². The Hall–Kier alpha value is -2.03. The van der Waals surface area contributed by atoms with Crippen LogP contribution in [0.1, 0.15) is 25.3 Å². The summed E-state index contributed by atoms with van der Waals surface area (Å²) in [6.07, 6.45) is -0.598. The van der Waals surface area contributed by atoms with Crippen LogP contribution in [0.5, 0.6) is 5.88 Å². The fourth-order valence-corrected chi connectivity index (χ4v) is 2.74. The highest BCUT2D eigenvalue weighted by atomic mass is 19.4. The molecule has 1 unspecified atom stereocenters. The second-order valence-electron chi connectivity index (χ2n) is 5.92. The van der Waals surface area contributed by atoms with E-state index in [9.17, 15) is 13.2 Å². The number of likely N-dealkylation sites (N-methyl/N-ethyl adjacent to an activating group) is 1. The molecule has 0 amide bonds. The van der Waals surface area contributed by atoms with Gasteiger partial charge in [0, 0.05) is 24.8 Å². The Balaban J connectivity index is 1.76. The van der Waals surface area contributed by atoms with Gasteiger partial charge >= 0.3 is 6.18 Å². The molecule has 0 aliphatic carbocycles. The summed E-state index contributed by atoms with van der Waals surface area (Å²) in [5.74, 6) is 0.275. The molecule has 25 heavy (non-hydrogen) atoms. The predicted molar refractivity (Wildman–Crippen MR) is 89.4 cm³/mol. The molecule has 1 aromatic heterocycles. The average molecular weight is 359 g/mol. The van der Waals surface area contributed by atoms with Crippen molar-refractivity contribution in [1.82, 2.24) is 15.2 Å². The van der Waals surface area contributed by atoms with E-state index in [-0.39, 0.29) is 5.88 Å². The minimum Gasteiger partial charge on any atom is -0.468 e. The van der Waals surface area contributed by atoms with E-state index in [0.29, 0.717) is 18.5 Å². The van der Waals surface area contributed by atoms with Crippen molar-refractivity contribution in [3.05, 3.63) is 23.9 Å². The molecule has 2 heterocycles. The number of aromatic nitrogens is 1. The standard InChI is InChI=1S/C16H24F3N5O/c1-2-24-7-3-4-13(24)10-23-15(20)22-9-12-5-6-14(21-8-12)25-11-16(17,18)19/h5-6,8,13H,2-4,7,9-11H2,1H3,(H3,20,22,23). The Labute approximate surface area is 145 Å². The summed E-state index contributed by atoms with van der Waals surface area (Å²) >= 11 is 0. The first-order valence-electron chi connectivity index (χ1n) is 8.29. The lowest BCUT2D eigenvalue weighted by atomic mass is 10.2. The molecule has 1 aliphatic heterocycles. The third-order valence-corrected chi connectivity index (χ3v) is 4.04. The van der Waals surface area contributed by atoms with Gasteiger partial charge in [0.15, 0.2) is 12.6 Å². The average Bonchev–Trinajstić information content (AvgIpc) is 3.04. The van der Waals surface area contributed by atoms with Crippen LogP contribution in [-0.4, -0.2) is 54.3 Å². The molecule has 0 spiro atoms. The highest BCUT2D eigenvalue weighted by Crippen LogP contribution is 2.17. The van der Waals surface area contributed by atoms with E-state index in [2.05, 4.69) is 31.9 Å². The maximum Gasteiger partial charge on any atom is 0.422 e. The van der Waals surface area contributed by atoms with Crippen LogP contribution in [0.15, 0.2) is 23.3 Å². The van der Waals surface area contributed by atoms with Gasteiger partial charge in [0.1, 0.15) is 0 Å². The van der Waals surface area contributed by atoms with Gasteiger partial charge in [-0.25, -0.2) is 9.98 Å². The van der Waals surface area contributed by atoms with Crippen LogP contribution in [0, 0.1) is 0 Å². The molecule has 1 aliphatic rings. The zero-order valence-corrected chi connectivity index (χ0v) is 14.2. The summed E-state index contributed by atoms with van der Waals surface area (Å²) in [5.41, 5.74) is 6.60. The third-order valence-electron chi connectivity index (χ3n) is 4.04. The molecule has 0 radical (unpaired) electrons. The van der Waals surface area contributed by atoms with Crippen LogP contribution in [0.25, 0.3) is 0 Å². The van der Waals surface area contributed by atoms with Gasteiger partial charge in [0.05, 0.1) is 6.54 Å². The van der Waals surface area contributed by atoms with E-state index in [1.54, 1.807) is 6.07 Å².